The Hall–Kier alpha value is -0.750. The Morgan fingerprint density at radius 2 is 2.38 bits per heavy atom. The third-order valence-electron chi connectivity index (χ3n) is 1.85. The molecule has 6 heteroatoms. The highest BCUT2D eigenvalue weighted by Gasteiger charge is 2.29. The smallest absolute Gasteiger partial charge is 0.320 e. The summed E-state index contributed by atoms with van der Waals surface area (Å²) in [5.74, 6) is -0.969. The number of hydrogen-bond acceptors (Lipinski definition) is 3. The summed E-state index contributed by atoms with van der Waals surface area (Å²) in [6.45, 7) is -0.303. The van der Waals surface area contributed by atoms with Crippen LogP contribution in [-0.2, 0) is 9.53 Å². The normalized spacial score (nSPS) is 28.2. The lowest BCUT2D eigenvalue weighted by molar-refractivity contribution is -0.139. The number of aliphatic carboxylic acids is 1. The molecule has 0 saturated carbocycles. The number of rotatable bonds is 4. The van der Waals surface area contributed by atoms with Crippen molar-refractivity contribution in [2.75, 3.05) is 13.2 Å². The first kappa shape index (κ1) is 10.3. The highest BCUT2D eigenvalue weighted by atomic mass is 19.3. The van der Waals surface area contributed by atoms with Gasteiger partial charge in [0.1, 0.15) is 12.6 Å². The van der Waals surface area contributed by atoms with Crippen LogP contribution in [0.4, 0.5) is 8.78 Å². The summed E-state index contributed by atoms with van der Waals surface area (Å²) in [5.41, 5.74) is 0. The fourth-order valence-electron chi connectivity index (χ4n) is 1.23. The fraction of sp³-hybridized carbons (Fsp3) is 0.857. The van der Waals surface area contributed by atoms with Gasteiger partial charge in [-0.2, -0.15) is 0 Å². The second-order valence-corrected chi connectivity index (χ2v) is 2.88. The maximum absolute atomic E-state index is 11.7. The second kappa shape index (κ2) is 4.48. The van der Waals surface area contributed by atoms with Gasteiger partial charge in [0, 0.05) is 13.0 Å². The van der Waals surface area contributed by atoms with Crippen LogP contribution in [0.2, 0.25) is 0 Å². The number of alkyl halides is 2. The molecule has 1 aliphatic rings. The van der Waals surface area contributed by atoms with Crippen LogP contribution >= 0.6 is 0 Å². The average molecular weight is 195 g/mol. The molecule has 2 N–H and O–H groups in total. The molecular weight excluding hydrogens is 184 g/mol. The second-order valence-electron chi connectivity index (χ2n) is 2.88. The molecule has 0 aromatic rings. The number of halogens is 2. The molecule has 0 bridgehead atoms. The summed E-state index contributed by atoms with van der Waals surface area (Å²) in [6.07, 6.45) is -2.65. The van der Waals surface area contributed by atoms with Crippen molar-refractivity contribution in [3.63, 3.8) is 0 Å². The molecule has 1 aliphatic heterocycles. The zero-order valence-electron chi connectivity index (χ0n) is 6.87. The van der Waals surface area contributed by atoms with E-state index in [-0.39, 0.29) is 6.42 Å². The van der Waals surface area contributed by atoms with Crippen LogP contribution in [0.15, 0.2) is 0 Å². The van der Waals surface area contributed by atoms with E-state index in [0.717, 1.165) is 0 Å². The van der Waals surface area contributed by atoms with Gasteiger partial charge in [-0.1, -0.05) is 0 Å². The largest absolute Gasteiger partial charge is 0.480 e. The van der Waals surface area contributed by atoms with Crippen molar-refractivity contribution in [1.29, 1.82) is 0 Å². The average Bonchev–Trinajstić information content (AvgIpc) is 2.48. The minimum absolute atomic E-state index is 0.252. The maximum atomic E-state index is 11.7. The van der Waals surface area contributed by atoms with Crippen molar-refractivity contribution in [1.82, 2.24) is 5.32 Å². The van der Waals surface area contributed by atoms with Gasteiger partial charge in [0.15, 0.2) is 0 Å². The number of ether oxygens (including phenoxy) is 1. The van der Waals surface area contributed by atoms with Crippen molar-refractivity contribution in [3.05, 3.63) is 0 Å². The Bertz CT molecular complexity index is 189. The van der Waals surface area contributed by atoms with Crippen molar-refractivity contribution < 1.29 is 23.4 Å². The summed E-state index contributed by atoms with van der Waals surface area (Å²) in [7, 11) is 0. The van der Waals surface area contributed by atoms with Crippen molar-refractivity contribution >= 4 is 5.97 Å². The van der Waals surface area contributed by atoms with E-state index in [1.807, 2.05) is 0 Å². The summed E-state index contributed by atoms with van der Waals surface area (Å²) < 4.78 is 28.1. The van der Waals surface area contributed by atoms with E-state index >= 15 is 0 Å². The van der Waals surface area contributed by atoms with Gasteiger partial charge in [-0.3, -0.25) is 4.79 Å². The van der Waals surface area contributed by atoms with Gasteiger partial charge in [-0.25, -0.2) is 8.78 Å². The van der Waals surface area contributed by atoms with Gasteiger partial charge in [0.25, 0.3) is 6.43 Å². The Kier molecular flexibility index (Phi) is 3.56. The molecule has 0 radical (unpaired) electrons. The molecule has 0 aromatic carbocycles. The lowest BCUT2D eigenvalue weighted by Crippen LogP contribution is -2.30. The SMILES string of the molecule is O=C(O)[C@@H]1C[C@@H](OCC(F)F)CN1. The van der Waals surface area contributed by atoms with E-state index < -0.39 is 31.1 Å². The minimum Gasteiger partial charge on any atom is -0.480 e. The Morgan fingerprint density at radius 3 is 2.85 bits per heavy atom. The first-order valence-corrected chi connectivity index (χ1v) is 3.95. The zero-order chi connectivity index (χ0) is 9.84. The molecule has 13 heavy (non-hydrogen) atoms. The molecule has 4 nitrogen and oxygen atoms in total. The molecule has 1 rings (SSSR count). The third-order valence-corrected chi connectivity index (χ3v) is 1.85. The van der Waals surface area contributed by atoms with E-state index in [4.69, 9.17) is 9.84 Å². The summed E-state index contributed by atoms with van der Waals surface area (Å²) in [5, 5.41) is 11.2. The van der Waals surface area contributed by atoms with E-state index in [1.54, 1.807) is 0 Å². The van der Waals surface area contributed by atoms with Crippen LogP contribution in [0, 0.1) is 0 Å². The van der Waals surface area contributed by atoms with E-state index in [0.29, 0.717) is 6.54 Å². The molecule has 0 aromatic heterocycles. The third kappa shape index (κ3) is 3.23. The van der Waals surface area contributed by atoms with E-state index in [1.165, 1.54) is 0 Å². The number of nitrogens with one attached hydrogen (secondary N) is 1. The van der Waals surface area contributed by atoms with Crippen LogP contribution in [0.5, 0.6) is 0 Å². The van der Waals surface area contributed by atoms with Gasteiger partial charge >= 0.3 is 5.97 Å². The Balaban J connectivity index is 2.21. The molecule has 0 unspecified atom stereocenters. The lowest BCUT2D eigenvalue weighted by Gasteiger charge is -2.09. The topological polar surface area (TPSA) is 58.6 Å². The van der Waals surface area contributed by atoms with E-state index in [9.17, 15) is 13.6 Å². The Labute approximate surface area is 73.9 Å². The van der Waals surface area contributed by atoms with Crippen molar-refractivity contribution in [3.8, 4) is 0 Å². The van der Waals surface area contributed by atoms with Crippen molar-refractivity contribution in [2.24, 2.45) is 0 Å². The molecular formula is C7H11F2NO3. The standard InChI is InChI=1S/C7H11F2NO3/c8-6(9)3-13-4-1-5(7(11)12)10-2-4/h4-6,10H,1-3H2,(H,11,12)/t4-,5+/m1/s1. The molecule has 1 saturated heterocycles. The highest BCUT2D eigenvalue weighted by molar-refractivity contribution is 5.73. The highest BCUT2D eigenvalue weighted by Crippen LogP contribution is 2.11. The molecule has 0 aliphatic carbocycles. The van der Waals surface area contributed by atoms with Crippen LogP contribution < -0.4 is 5.32 Å². The predicted octanol–water partition coefficient (Wildman–Crippen LogP) is 0.0832. The van der Waals surface area contributed by atoms with Gasteiger partial charge in [-0.15, -0.1) is 0 Å². The van der Waals surface area contributed by atoms with E-state index in [2.05, 4.69) is 5.32 Å². The fourth-order valence-corrected chi connectivity index (χ4v) is 1.23. The molecule has 1 fully saturated rings. The van der Waals surface area contributed by atoms with Gasteiger partial charge in [-0.05, 0) is 0 Å². The molecule has 0 amide bonds. The molecule has 1 heterocycles. The van der Waals surface area contributed by atoms with Crippen LogP contribution in [-0.4, -0.2) is 42.8 Å². The summed E-state index contributed by atoms with van der Waals surface area (Å²) in [4.78, 5) is 10.4. The van der Waals surface area contributed by atoms with Gasteiger partial charge in [0.2, 0.25) is 0 Å². The maximum Gasteiger partial charge on any atom is 0.320 e. The van der Waals surface area contributed by atoms with Crippen LogP contribution in [0.3, 0.4) is 0 Å². The summed E-state index contributed by atoms with van der Waals surface area (Å²) >= 11 is 0. The lowest BCUT2D eigenvalue weighted by atomic mass is 10.2. The van der Waals surface area contributed by atoms with Crippen LogP contribution in [0.1, 0.15) is 6.42 Å². The number of carbonyl (C=O) groups is 1. The first-order chi connectivity index (χ1) is 6.09. The summed E-state index contributed by atoms with van der Waals surface area (Å²) in [6, 6.07) is -0.664. The molecule has 76 valence electrons. The van der Waals surface area contributed by atoms with Gasteiger partial charge < -0.3 is 15.2 Å². The number of carboxylic acid groups (broad SMARTS) is 1. The zero-order valence-corrected chi connectivity index (χ0v) is 6.87. The Morgan fingerprint density at radius 1 is 1.69 bits per heavy atom. The van der Waals surface area contributed by atoms with Crippen molar-refractivity contribution in [2.45, 2.75) is 25.0 Å². The quantitative estimate of drug-likeness (QED) is 0.667. The monoisotopic (exact) mass is 195 g/mol. The van der Waals surface area contributed by atoms with Crippen LogP contribution in [0.25, 0.3) is 0 Å². The van der Waals surface area contributed by atoms with Gasteiger partial charge in [0.05, 0.1) is 6.10 Å². The number of carboxylic acids is 1. The molecule has 0 spiro atoms. The number of hydrogen-bond donors (Lipinski definition) is 2. The minimum atomic E-state index is -2.50. The molecule has 2 atom stereocenters. The first-order valence-electron chi connectivity index (χ1n) is 3.95. The predicted molar refractivity (Wildman–Crippen MR) is 39.8 cm³/mol.